The summed E-state index contributed by atoms with van der Waals surface area (Å²) in [5, 5.41) is 11.0. The highest BCUT2D eigenvalue weighted by Gasteiger charge is 2.25. The average molecular weight is 172 g/mol. The molecule has 0 aromatic carbocycles. The molecule has 11 heavy (non-hydrogen) atoms. The minimum Gasteiger partial charge on any atom is -0.395 e. The first kappa shape index (κ1) is 8.64. The third-order valence-electron chi connectivity index (χ3n) is 1.85. The van der Waals surface area contributed by atoms with Crippen LogP contribution in [-0.2, 0) is 5.41 Å². The molecule has 0 amide bonds. The number of aliphatic hydroxyl groups excluding tert-OH is 1. The van der Waals surface area contributed by atoms with E-state index in [2.05, 4.69) is 4.98 Å². The van der Waals surface area contributed by atoms with Crippen LogP contribution in [0.4, 0.5) is 0 Å². The lowest BCUT2D eigenvalue weighted by molar-refractivity contribution is 0.207. The van der Waals surface area contributed by atoms with Gasteiger partial charge in [0.2, 0.25) is 0 Å². The molecule has 0 aliphatic heterocycles. The van der Waals surface area contributed by atoms with Crippen molar-refractivity contribution in [1.82, 2.24) is 4.98 Å². The van der Waals surface area contributed by atoms with Gasteiger partial charge in [0, 0.05) is 17.3 Å². The van der Waals surface area contributed by atoms with Crippen LogP contribution in [0.15, 0.2) is 10.9 Å². The maximum atomic E-state index is 9.04. The monoisotopic (exact) mass is 172 g/mol. The van der Waals surface area contributed by atoms with Gasteiger partial charge >= 0.3 is 0 Å². The molecular weight excluding hydrogens is 160 g/mol. The fourth-order valence-electron chi connectivity index (χ4n) is 0.761. The number of rotatable bonds is 3. The van der Waals surface area contributed by atoms with E-state index in [1.807, 2.05) is 12.3 Å². The van der Waals surface area contributed by atoms with Gasteiger partial charge in [0.15, 0.2) is 0 Å². The summed E-state index contributed by atoms with van der Waals surface area (Å²) in [6, 6.07) is 0. The number of thiazole rings is 1. The summed E-state index contributed by atoms with van der Waals surface area (Å²) in [7, 11) is 0. The van der Waals surface area contributed by atoms with Crippen molar-refractivity contribution in [3.05, 3.63) is 16.6 Å². The summed E-state index contributed by atoms with van der Waals surface area (Å²) in [6.45, 7) is 2.38. The molecule has 1 atom stereocenters. The molecule has 1 aromatic heterocycles. The van der Waals surface area contributed by atoms with E-state index in [0.717, 1.165) is 5.69 Å². The fraction of sp³-hybridized carbons (Fsp3) is 0.571. The van der Waals surface area contributed by atoms with Gasteiger partial charge in [-0.2, -0.15) is 0 Å². The molecule has 0 saturated carbocycles. The van der Waals surface area contributed by atoms with E-state index in [9.17, 15) is 0 Å². The average Bonchev–Trinajstić information content (AvgIpc) is 2.55. The molecule has 4 heteroatoms. The molecule has 3 nitrogen and oxygen atoms in total. The number of hydrogen-bond acceptors (Lipinski definition) is 4. The minimum absolute atomic E-state index is 0.0488. The Morgan fingerprint density at radius 3 is 2.91 bits per heavy atom. The standard InChI is InChI=1S/C7H12N2OS/c1-7(3-8,4-10)6-2-11-5-9-6/h2,5,10H,3-4,8H2,1H3. The van der Waals surface area contributed by atoms with Crippen molar-refractivity contribution < 1.29 is 5.11 Å². The summed E-state index contributed by atoms with van der Waals surface area (Å²) in [4.78, 5) is 4.11. The predicted molar refractivity (Wildman–Crippen MR) is 45.6 cm³/mol. The van der Waals surface area contributed by atoms with Crippen LogP contribution in [0, 0.1) is 0 Å². The second-order valence-corrected chi connectivity index (χ2v) is 3.52. The van der Waals surface area contributed by atoms with Crippen molar-refractivity contribution >= 4 is 11.3 Å². The minimum atomic E-state index is -0.361. The van der Waals surface area contributed by atoms with E-state index in [0.29, 0.717) is 6.54 Å². The third kappa shape index (κ3) is 1.58. The molecule has 3 N–H and O–H groups in total. The van der Waals surface area contributed by atoms with Gasteiger partial charge in [0.1, 0.15) is 0 Å². The highest BCUT2D eigenvalue weighted by atomic mass is 32.1. The lowest BCUT2D eigenvalue weighted by atomic mass is 9.89. The van der Waals surface area contributed by atoms with Crippen molar-refractivity contribution in [1.29, 1.82) is 0 Å². The molecule has 0 bridgehead atoms. The number of nitrogens with zero attached hydrogens (tertiary/aromatic N) is 1. The van der Waals surface area contributed by atoms with Gasteiger partial charge in [-0.3, -0.25) is 0 Å². The Labute approximate surface area is 69.9 Å². The Morgan fingerprint density at radius 2 is 2.55 bits per heavy atom. The van der Waals surface area contributed by atoms with Crippen LogP contribution in [0.1, 0.15) is 12.6 Å². The molecule has 0 spiro atoms. The molecule has 1 aromatic rings. The summed E-state index contributed by atoms with van der Waals surface area (Å²) < 4.78 is 0. The normalized spacial score (nSPS) is 16.3. The molecule has 0 fully saturated rings. The summed E-state index contributed by atoms with van der Waals surface area (Å²) in [5.74, 6) is 0. The quantitative estimate of drug-likeness (QED) is 0.691. The van der Waals surface area contributed by atoms with Crippen LogP contribution in [0.25, 0.3) is 0 Å². The highest BCUT2D eigenvalue weighted by molar-refractivity contribution is 7.07. The smallest absolute Gasteiger partial charge is 0.0794 e. The molecule has 0 aliphatic rings. The topological polar surface area (TPSA) is 59.1 Å². The maximum absolute atomic E-state index is 9.04. The SMILES string of the molecule is CC(CN)(CO)c1cscn1. The summed E-state index contributed by atoms with van der Waals surface area (Å²) >= 11 is 1.52. The van der Waals surface area contributed by atoms with Gasteiger partial charge < -0.3 is 10.8 Å². The molecular formula is C7H12N2OS. The van der Waals surface area contributed by atoms with Gasteiger partial charge in [-0.15, -0.1) is 11.3 Å². The third-order valence-corrected chi connectivity index (χ3v) is 2.44. The number of aliphatic hydroxyl groups is 1. The van der Waals surface area contributed by atoms with Crippen LogP contribution in [0.2, 0.25) is 0 Å². The second kappa shape index (κ2) is 3.30. The van der Waals surface area contributed by atoms with E-state index in [4.69, 9.17) is 10.8 Å². The Balaban J connectivity index is 2.87. The Bertz CT molecular complexity index is 206. The molecule has 62 valence electrons. The van der Waals surface area contributed by atoms with E-state index >= 15 is 0 Å². The lowest BCUT2D eigenvalue weighted by Crippen LogP contribution is -2.35. The van der Waals surface area contributed by atoms with Crippen LogP contribution >= 0.6 is 11.3 Å². The molecule has 1 rings (SSSR count). The molecule has 1 unspecified atom stereocenters. The largest absolute Gasteiger partial charge is 0.395 e. The van der Waals surface area contributed by atoms with Crippen molar-refractivity contribution in [2.75, 3.05) is 13.2 Å². The van der Waals surface area contributed by atoms with Crippen molar-refractivity contribution in [3.63, 3.8) is 0 Å². The Morgan fingerprint density at radius 1 is 1.82 bits per heavy atom. The predicted octanol–water partition coefficient (Wildman–Crippen LogP) is 0.352. The van der Waals surface area contributed by atoms with Gasteiger partial charge in [-0.25, -0.2) is 4.98 Å². The Kier molecular flexibility index (Phi) is 2.59. The van der Waals surface area contributed by atoms with E-state index in [1.54, 1.807) is 5.51 Å². The Hall–Kier alpha value is -0.450. The van der Waals surface area contributed by atoms with Gasteiger partial charge in [-0.1, -0.05) is 6.92 Å². The van der Waals surface area contributed by atoms with Gasteiger partial charge in [0.25, 0.3) is 0 Å². The van der Waals surface area contributed by atoms with Crippen LogP contribution in [-0.4, -0.2) is 23.2 Å². The van der Waals surface area contributed by atoms with Crippen LogP contribution < -0.4 is 5.73 Å². The molecule has 1 heterocycles. The zero-order chi connectivity index (χ0) is 8.32. The number of nitrogens with two attached hydrogens (primary N) is 1. The van der Waals surface area contributed by atoms with Crippen molar-refractivity contribution in [3.8, 4) is 0 Å². The van der Waals surface area contributed by atoms with Gasteiger partial charge in [0.05, 0.1) is 17.8 Å². The molecule has 0 aliphatic carbocycles. The molecule has 0 radical (unpaired) electrons. The van der Waals surface area contributed by atoms with Gasteiger partial charge in [-0.05, 0) is 0 Å². The zero-order valence-electron chi connectivity index (χ0n) is 6.45. The van der Waals surface area contributed by atoms with Crippen LogP contribution in [0.5, 0.6) is 0 Å². The zero-order valence-corrected chi connectivity index (χ0v) is 7.27. The van der Waals surface area contributed by atoms with E-state index in [-0.39, 0.29) is 12.0 Å². The van der Waals surface area contributed by atoms with Crippen molar-refractivity contribution in [2.45, 2.75) is 12.3 Å². The highest BCUT2D eigenvalue weighted by Crippen LogP contribution is 2.20. The summed E-state index contributed by atoms with van der Waals surface area (Å²) in [6.07, 6.45) is 0. The first-order valence-corrected chi connectivity index (χ1v) is 4.37. The maximum Gasteiger partial charge on any atom is 0.0794 e. The fourth-order valence-corrected chi connectivity index (χ4v) is 1.47. The van der Waals surface area contributed by atoms with E-state index in [1.165, 1.54) is 11.3 Å². The number of hydrogen-bond donors (Lipinski definition) is 2. The van der Waals surface area contributed by atoms with E-state index < -0.39 is 0 Å². The number of aromatic nitrogens is 1. The lowest BCUT2D eigenvalue weighted by Gasteiger charge is -2.22. The first-order chi connectivity index (χ1) is 5.23. The van der Waals surface area contributed by atoms with Crippen LogP contribution in [0.3, 0.4) is 0 Å². The second-order valence-electron chi connectivity index (χ2n) is 2.80. The first-order valence-electron chi connectivity index (χ1n) is 3.42. The molecule has 0 saturated heterocycles. The van der Waals surface area contributed by atoms with Crippen molar-refractivity contribution in [2.24, 2.45) is 5.73 Å². The summed E-state index contributed by atoms with van der Waals surface area (Å²) in [5.41, 5.74) is 7.78.